The quantitative estimate of drug-likeness (QED) is 0.448. The Bertz CT molecular complexity index is 1160. The molecule has 1 N–H and O–H groups in total. The monoisotopic (exact) mass is 506 g/mol. The van der Waals surface area contributed by atoms with Crippen LogP contribution in [0.25, 0.3) is 22.0 Å². The molecule has 1 saturated heterocycles. The standard InChI is InChI=1S/C22H21ClF2N4O2.2C2H6/c1-3-17(31)28-7-9-29(10-8-28)22-13-11-14(23)18(19-15(24)5-4-6-16(19)30)20(25)21(13)26-12(2)27-22;2*1-2/h4-6,11,30H,3,7-10H2,1-2H3;2*1-2H3. The molecule has 6 nitrogen and oxygen atoms in total. The number of aromatic nitrogens is 2. The fourth-order valence-corrected chi connectivity index (χ4v) is 4.20. The molecule has 9 heteroatoms. The molecular formula is C26H33ClF2N4O2. The van der Waals surface area contributed by atoms with Crippen LogP contribution in [0.4, 0.5) is 14.6 Å². The summed E-state index contributed by atoms with van der Waals surface area (Å²) in [7, 11) is 0. The minimum atomic E-state index is -0.825. The van der Waals surface area contributed by atoms with E-state index in [1.54, 1.807) is 11.8 Å². The Labute approximate surface area is 210 Å². The summed E-state index contributed by atoms with van der Waals surface area (Å²) < 4.78 is 30.0. The number of phenols is 1. The number of piperazine rings is 1. The molecule has 0 unspecified atom stereocenters. The van der Waals surface area contributed by atoms with Gasteiger partial charge >= 0.3 is 0 Å². The number of amides is 1. The van der Waals surface area contributed by atoms with E-state index in [1.165, 1.54) is 18.2 Å². The number of hydrogen-bond acceptors (Lipinski definition) is 5. The Morgan fingerprint density at radius 3 is 2.26 bits per heavy atom. The molecule has 0 spiro atoms. The zero-order valence-electron chi connectivity index (χ0n) is 21.1. The van der Waals surface area contributed by atoms with Gasteiger partial charge in [-0.05, 0) is 25.1 Å². The third-order valence-corrected chi connectivity index (χ3v) is 5.75. The van der Waals surface area contributed by atoms with E-state index in [-0.39, 0.29) is 27.6 Å². The number of nitrogens with zero attached hydrogens (tertiary/aromatic N) is 4. The van der Waals surface area contributed by atoms with Crippen LogP contribution >= 0.6 is 11.6 Å². The highest BCUT2D eigenvalue weighted by Crippen LogP contribution is 2.42. The second-order valence-electron chi connectivity index (χ2n) is 7.39. The first-order valence-electron chi connectivity index (χ1n) is 12.0. The molecular weight excluding hydrogens is 474 g/mol. The van der Waals surface area contributed by atoms with Crippen molar-refractivity contribution in [3.05, 3.63) is 46.7 Å². The number of carbonyl (C=O) groups excluding carboxylic acids is 1. The molecule has 1 aliphatic rings. The van der Waals surface area contributed by atoms with Gasteiger partial charge in [0.05, 0.1) is 10.6 Å². The Hall–Kier alpha value is -3.00. The first-order valence-corrected chi connectivity index (χ1v) is 12.4. The lowest BCUT2D eigenvalue weighted by atomic mass is 10.0. The normalized spacial score (nSPS) is 13.1. The number of aryl methyl sites for hydroxylation is 1. The highest BCUT2D eigenvalue weighted by atomic mass is 35.5. The molecule has 0 saturated carbocycles. The molecule has 2 aromatic carbocycles. The largest absolute Gasteiger partial charge is 0.507 e. The maximum atomic E-state index is 15.6. The van der Waals surface area contributed by atoms with E-state index in [4.69, 9.17) is 11.6 Å². The highest BCUT2D eigenvalue weighted by molar-refractivity contribution is 6.34. The molecule has 190 valence electrons. The minimum absolute atomic E-state index is 0.00313. The van der Waals surface area contributed by atoms with E-state index in [0.717, 1.165) is 6.07 Å². The van der Waals surface area contributed by atoms with Gasteiger partial charge in [-0.1, -0.05) is 52.3 Å². The van der Waals surface area contributed by atoms with Crippen molar-refractivity contribution in [1.82, 2.24) is 14.9 Å². The number of halogens is 3. The van der Waals surface area contributed by atoms with Crippen LogP contribution in [0.1, 0.15) is 46.9 Å². The van der Waals surface area contributed by atoms with E-state index in [2.05, 4.69) is 9.97 Å². The molecule has 2 heterocycles. The summed E-state index contributed by atoms with van der Waals surface area (Å²) in [6, 6.07) is 5.22. The Morgan fingerprint density at radius 2 is 1.69 bits per heavy atom. The third-order valence-electron chi connectivity index (χ3n) is 5.45. The van der Waals surface area contributed by atoms with Crippen molar-refractivity contribution in [3.8, 4) is 16.9 Å². The van der Waals surface area contributed by atoms with Gasteiger partial charge in [-0.15, -0.1) is 0 Å². The number of fused-ring (bicyclic) bond motifs is 1. The smallest absolute Gasteiger partial charge is 0.222 e. The zero-order chi connectivity index (χ0) is 26.3. The van der Waals surface area contributed by atoms with E-state index in [1.807, 2.05) is 39.5 Å². The van der Waals surface area contributed by atoms with Crippen LogP contribution in [0, 0.1) is 18.6 Å². The fourth-order valence-electron chi connectivity index (χ4n) is 3.91. The van der Waals surface area contributed by atoms with Crippen molar-refractivity contribution in [1.29, 1.82) is 0 Å². The predicted octanol–water partition coefficient (Wildman–Crippen LogP) is 6.35. The van der Waals surface area contributed by atoms with Gasteiger partial charge in [0.1, 0.15) is 28.7 Å². The Balaban J connectivity index is 0.00000103. The number of rotatable bonds is 3. The van der Waals surface area contributed by atoms with Crippen molar-refractivity contribution >= 4 is 34.2 Å². The molecule has 0 bridgehead atoms. The predicted molar refractivity (Wildman–Crippen MR) is 138 cm³/mol. The summed E-state index contributed by atoms with van der Waals surface area (Å²) in [4.78, 5) is 24.4. The summed E-state index contributed by atoms with van der Waals surface area (Å²) in [6.07, 6.45) is 0.446. The summed E-state index contributed by atoms with van der Waals surface area (Å²) in [5, 5.41) is 10.5. The maximum Gasteiger partial charge on any atom is 0.222 e. The summed E-state index contributed by atoms with van der Waals surface area (Å²) in [6.45, 7) is 13.6. The van der Waals surface area contributed by atoms with Gasteiger partial charge in [0.2, 0.25) is 5.91 Å². The number of hydrogen-bond donors (Lipinski definition) is 1. The Morgan fingerprint density at radius 1 is 1.06 bits per heavy atom. The summed E-state index contributed by atoms with van der Waals surface area (Å²) in [5.74, 6) is -1.08. The number of phenolic OH excluding ortho intramolecular Hbond substituents is 1. The highest BCUT2D eigenvalue weighted by Gasteiger charge is 2.26. The van der Waals surface area contributed by atoms with Crippen molar-refractivity contribution < 1.29 is 18.7 Å². The zero-order valence-corrected chi connectivity index (χ0v) is 21.9. The molecule has 0 radical (unpaired) electrons. The van der Waals surface area contributed by atoms with Gasteiger partial charge in [-0.3, -0.25) is 4.79 Å². The Kier molecular flexibility index (Phi) is 10.2. The fraction of sp³-hybridized carbons (Fsp3) is 0.423. The van der Waals surface area contributed by atoms with Crippen LogP contribution in [0.2, 0.25) is 5.02 Å². The molecule has 4 rings (SSSR count). The minimum Gasteiger partial charge on any atom is -0.507 e. The first-order chi connectivity index (χ1) is 16.8. The van der Waals surface area contributed by atoms with Crippen LogP contribution in [0.3, 0.4) is 0 Å². The first kappa shape index (κ1) is 28.2. The van der Waals surface area contributed by atoms with Crippen molar-refractivity contribution in [2.24, 2.45) is 0 Å². The van der Waals surface area contributed by atoms with Crippen molar-refractivity contribution in [3.63, 3.8) is 0 Å². The van der Waals surface area contributed by atoms with Crippen molar-refractivity contribution in [2.45, 2.75) is 48.0 Å². The van der Waals surface area contributed by atoms with E-state index >= 15 is 4.39 Å². The number of benzene rings is 2. The van der Waals surface area contributed by atoms with Gasteiger partial charge < -0.3 is 14.9 Å². The lowest BCUT2D eigenvalue weighted by Crippen LogP contribution is -2.49. The molecule has 3 aromatic rings. The molecule has 1 aromatic heterocycles. The van der Waals surface area contributed by atoms with Gasteiger partial charge in [0, 0.05) is 43.5 Å². The lowest BCUT2D eigenvalue weighted by molar-refractivity contribution is -0.131. The molecule has 0 atom stereocenters. The van der Waals surface area contributed by atoms with Gasteiger partial charge in [-0.2, -0.15) is 0 Å². The van der Waals surface area contributed by atoms with Crippen LogP contribution < -0.4 is 4.90 Å². The number of aromatic hydroxyl groups is 1. The summed E-state index contributed by atoms with van der Waals surface area (Å²) >= 11 is 6.38. The maximum absolute atomic E-state index is 15.6. The molecule has 1 fully saturated rings. The van der Waals surface area contributed by atoms with Crippen LogP contribution in [-0.2, 0) is 4.79 Å². The summed E-state index contributed by atoms with van der Waals surface area (Å²) in [5.41, 5.74) is -0.555. The number of anilines is 1. The number of carbonyl (C=O) groups is 1. The second kappa shape index (κ2) is 12.6. The molecule has 35 heavy (non-hydrogen) atoms. The molecule has 1 amide bonds. The van der Waals surface area contributed by atoms with Crippen LogP contribution in [0.15, 0.2) is 24.3 Å². The van der Waals surface area contributed by atoms with Gasteiger partial charge in [0.25, 0.3) is 0 Å². The average Bonchev–Trinajstić information content (AvgIpc) is 2.88. The molecule has 0 aliphatic carbocycles. The van der Waals surface area contributed by atoms with Gasteiger partial charge in [-0.25, -0.2) is 18.7 Å². The van der Waals surface area contributed by atoms with E-state index in [9.17, 15) is 14.3 Å². The SMILES string of the molecule is CC.CC.CCC(=O)N1CCN(c2nc(C)nc3c(F)c(-c4c(O)cccc4F)c(Cl)cc23)CC1. The molecule has 1 aliphatic heterocycles. The average molecular weight is 507 g/mol. The third kappa shape index (κ3) is 5.81. The van der Waals surface area contributed by atoms with Crippen LogP contribution in [-0.4, -0.2) is 52.1 Å². The second-order valence-corrected chi connectivity index (χ2v) is 7.80. The lowest BCUT2D eigenvalue weighted by Gasteiger charge is -2.36. The topological polar surface area (TPSA) is 69.6 Å². The van der Waals surface area contributed by atoms with Crippen molar-refractivity contribution in [2.75, 3.05) is 31.1 Å². The van der Waals surface area contributed by atoms with E-state index < -0.39 is 17.4 Å². The van der Waals surface area contributed by atoms with E-state index in [0.29, 0.717) is 49.6 Å². The van der Waals surface area contributed by atoms with Gasteiger partial charge in [0.15, 0.2) is 5.82 Å². The van der Waals surface area contributed by atoms with Crippen LogP contribution in [0.5, 0.6) is 5.75 Å².